The van der Waals surface area contributed by atoms with E-state index in [1.54, 1.807) is 63.2 Å². The normalized spacial score (nSPS) is 12.6. The number of nitrogens with zero attached hydrogens (tertiary/aromatic N) is 1. The molecule has 4 nitrogen and oxygen atoms in total. The summed E-state index contributed by atoms with van der Waals surface area (Å²) in [6.07, 6.45) is 1.28. The number of hydrogen-bond donors (Lipinski definition) is 0. The van der Waals surface area contributed by atoms with Gasteiger partial charge < -0.3 is 9.47 Å². The molecule has 0 saturated carbocycles. The summed E-state index contributed by atoms with van der Waals surface area (Å²) in [6, 6.07) is 15.1. The average molecular weight is 393 g/mol. The van der Waals surface area contributed by atoms with E-state index in [0.29, 0.717) is 22.5 Å². The van der Waals surface area contributed by atoms with Crippen molar-refractivity contribution >= 4 is 17.6 Å². The quantitative estimate of drug-likeness (QED) is 0.268. The molecule has 0 aliphatic heterocycles. The smallest absolute Gasteiger partial charge is 0.333 e. The number of benzene rings is 2. The monoisotopic (exact) mass is 393 g/mol. The van der Waals surface area contributed by atoms with E-state index in [9.17, 15) is 14.4 Å². The molecule has 0 fully saturated rings. The van der Waals surface area contributed by atoms with Crippen LogP contribution in [0.1, 0.15) is 38.8 Å². The average Bonchev–Trinajstić information content (AvgIpc) is 2.67. The zero-order valence-electron chi connectivity index (χ0n) is 17.0. The third-order valence-corrected chi connectivity index (χ3v) is 4.46. The first-order chi connectivity index (χ1) is 13.6. The van der Waals surface area contributed by atoms with Gasteiger partial charge in [0.15, 0.2) is 0 Å². The number of rotatable bonds is 7. The molecule has 0 N–H and O–H groups in total. The van der Waals surface area contributed by atoms with E-state index >= 15 is 0 Å². The molecule has 5 heteroatoms. The number of nitriles is 1. The van der Waals surface area contributed by atoms with Crippen molar-refractivity contribution in [2.45, 2.75) is 39.4 Å². The molecule has 1 unspecified atom stereocenters. The molecule has 29 heavy (non-hydrogen) atoms. The Morgan fingerprint density at radius 1 is 1.17 bits per heavy atom. The van der Waals surface area contributed by atoms with Gasteiger partial charge in [0.1, 0.15) is 23.3 Å². The van der Waals surface area contributed by atoms with Crippen molar-refractivity contribution < 1.29 is 18.7 Å². The van der Waals surface area contributed by atoms with Gasteiger partial charge in [-0.25, -0.2) is 9.18 Å². The standard InChI is InChI=1S/C24H24FNO3/c1-16(2)23(27)29-24(4,5)17(3)28-22-12-8-19(9-13-22)20(15-26)14-18-6-10-21(25)11-7-18/h6-14,17H,1H2,2-5H3/b20-14+. The van der Waals surface area contributed by atoms with Gasteiger partial charge in [-0.2, -0.15) is 5.26 Å². The van der Waals surface area contributed by atoms with Crippen LogP contribution in [0.5, 0.6) is 5.75 Å². The molecule has 0 aromatic heterocycles. The van der Waals surface area contributed by atoms with Crippen LogP contribution in [0.4, 0.5) is 4.39 Å². The number of allylic oxidation sites excluding steroid dienone is 1. The molecule has 0 heterocycles. The predicted octanol–water partition coefficient (Wildman–Crippen LogP) is 5.56. The maximum atomic E-state index is 13.0. The van der Waals surface area contributed by atoms with Gasteiger partial charge in [-0.1, -0.05) is 18.7 Å². The topological polar surface area (TPSA) is 59.3 Å². The maximum Gasteiger partial charge on any atom is 0.333 e. The van der Waals surface area contributed by atoms with Gasteiger partial charge in [0.05, 0.1) is 11.6 Å². The van der Waals surface area contributed by atoms with E-state index < -0.39 is 17.7 Å². The van der Waals surface area contributed by atoms with Crippen LogP contribution in [0.2, 0.25) is 0 Å². The molecule has 2 aromatic rings. The second-order valence-electron chi connectivity index (χ2n) is 7.28. The zero-order chi connectivity index (χ0) is 21.6. The van der Waals surface area contributed by atoms with Gasteiger partial charge in [-0.3, -0.25) is 0 Å². The lowest BCUT2D eigenvalue weighted by Gasteiger charge is -2.31. The van der Waals surface area contributed by atoms with Crippen LogP contribution in [0.3, 0.4) is 0 Å². The molecule has 0 aliphatic carbocycles. The highest BCUT2D eigenvalue weighted by Gasteiger charge is 2.32. The minimum atomic E-state index is -0.852. The Hall–Kier alpha value is -3.39. The Labute approximate surface area is 170 Å². The second-order valence-corrected chi connectivity index (χ2v) is 7.28. The largest absolute Gasteiger partial charge is 0.487 e. The van der Waals surface area contributed by atoms with Crippen LogP contribution < -0.4 is 4.74 Å². The highest BCUT2D eigenvalue weighted by molar-refractivity contribution is 5.89. The lowest BCUT2D eigenvalue weighted by atomic mass is 10.0. The summed E-state index contributed by atoms with van der Waals surface area (Å²) >= 11 is 0. The van der Waals surface area contributed by atoms with Crippen molar-refractivity contribution in [2.24, 2.45) is 0 Å². The number of carbonyl (C=O) groups excluding carboxylic acids is 1. The second kappa shape index (κ2) is 9.20. The van der Waals surface area contributed by atoms with E-state index in [1.165, 1.54) is 12.1 Å². The first-order valence-electron chi connectivity index (χ1n) is 9.15. The summed E-state index contributed by atoms with van der Waals surface area (Å²) in [5.74, 6) is -0.210. The maximum absolute atomic E-state index is 13.0. The molecular weight excluding hydrogens is 369 g/mol. The number of hydrogen-bond acceptors (Lipinski definition) is 4. The number of halogens is 1. The summed E-state index contributed by atoms with van der Waals surface area (Å²) in [5.41, 5.74) is 1.37. The molecule has 150 valence electrons. The van der Waals surface area contributed by atoms with Crippen LogP contribution in [0.15, 0.2) is 60.7 Å². The number of carbonyl (C=O) groups is 1. The number of esters is 1. The van der Waals surface area contributed by atoms with Crippen LogP contribution in [-0.2, 0) is 9.53 Å². The fraction of sp³-hybridized carbons (Fsp3) is 0.250. The van der Waals surface area contributed by atoms with E-state index in [0.717, 1.165) is 5.56 Å². The molecule has 0 spiro atoms. The van der Waals surface area contributed by atoms with Crippen molar-refractivity contribution in [3.05, 3.63) is 77.6 Å². The minimum absolute atomic E-state index is 0.326. The van der Waals surface area contributed by atoms with Gasteiger partial charge in [0, 0.05) is 5.57 Å². The van der Waals surface area contributed by atoms with Gasteiger partial charge in [-0.05, 0) is 81.3 Å². The Morgan fingerprint density at radius 2 is 1.76 bits per heavy atom. The molecule has 0 amide bonds. The fourth-order valence-electron chi connectivity index (χ4n) is 2.37. The zero-order valence-corrected chi connectivity index (χ0v) is 17.0. The molecule has 0 saturated heterocycles. The third kappa shape index (κ3) is 6.05. The highest BCUT2D eigenvalue weighted by atomic mass is 19.1. The Bertz CT molecular complexity index is 951. The molecule has 2 rings (SSSR count). The van der Waals surface area contributed by atoms with Crippen molar-refractivity contribution in [1.29, 1.82) is 5.26 Å². The van der Waals surface area contributed by atoms with Crippen LogP contribution >= 0.6 is 0 Å². The number of ether oxygens (including phenoxy) is 2. The molecule has 1 atom stereocenters. The molecular formula is C24H24FNO3. The van der Waals surface area contributed by atoms with E-state index in [-0.39, 0.29) is 5.82 Å². The van der Waals surface area contributed by atoms with Crippen molar-refractivity contribution in [1.82, 2.24) is 0 Å². The van der Waals surface area contributed by atoms with Crippen LogP contribution in [0.25, 0.3) is 11.6 Å². The molecule has 0 bridgehead atoms. The van der Waals surface area contributed by atoms with Crippen molar-refractivity contribution in [3.8, 4) is 11.8 Å². The summed E-state index contributed by atoms with van der Waals surface area (Å²) in [4.78, 5) is 11.8. The van der Waals surface area contributed by atoms with Gasteiger partial charge >= 0.3 is 5.97 Å². The van der Waals surface area contributed by atoms with Gasteiger partial charge in [-0.15, -0.1) is 0 Å². The van der Waals surface area contributed by atoms with Crippen LogP contribution in [0, 0.1) is 17.1 Å². The summed E-state index contributed by atoms with van der Waals surface area (Å²) in [5, 5.41) is 9.47. The summed E-state index contributed by atoms with van der Waals surface area (Å²) in [6.45, 7) is 10.5. The minimum Gasteiger partial charge on any atom is -0.487 e. The summed E-state index contributed by atoms with van der Waals surface area (Å²) < 4.78 is 24.4. The SMILES string of the molecule is C=C(C)C(=O)OC(C)(C)C(C)Oc1ccc(/C(C#N)=C/c2ccc(F)cc2)cc1. The Balaban J connectivity index is 2.12. The van der Waals surface area contributed by atoms with Gasteiger partial charge in [0.25, 0.3) is 0 Å². The Kier molecular flexibility index (Phi) is 6.95. The van der Waals surface area contributed by atoms with E-state index in [2.05, 4.69) is 12.6 Å². The molecule has 2 aromatic carbocycles. The van der Waals surface area contributed by atoms with Crippen molar-refractivity contribution in [2.75, 3.05) is 0 Å². The lowest BCUT2D eigenvalue weighted by molar-refractivity contribution is -0.159. The highest BCUT2D eigenvalue weighted by Crippen LogP contribution is 2.25. The van der Waals surface area contributed by atoms with E-state index in [4.69, 9.17) is 9.47 Å². The van der Waals surface area contributed by atoms with Crippen molar-refractivity contribution in [3.63, 3.8) is 0 Å². The molecule has 0 aliphatic rings. The van der Waals surface area contributed by atoms with Gasteiger partial charge in [0.2, 0.25) is 0 Å². The fourth-order valence-corrected chi connectivity index (χ4v) is 2.37. The van der Waals surface area contributed by atoms with E-state index in [1.807, 2.05) is 6.92 Å². The van der Waals surface area contributed by atoms with Crippen LogP contribution in [-0.4, -0.2) is 17.7 Å². The first kappa shape index (κ1) is 21.9. The molecule has 0 radical (unpaired) electrons. The third-order valence-electron chi connectivity index (χ3n) is 4.46. The first-order valence-corrected chi connectivity index (χ1v) is 9.15. The lowest BCUT2D eigenvalue weighted by Crippen LogP contribution is -2.42. The summed E-state index contributed by atoms with van der Waals surface area (Å²) in [7, 11) is 0. The Morgan fingerprint density at radius 3 is 2.28 bits per heavy atom. The predicted molar refractivity (Wildman–Crippen MR) is 111 cm³/mol.